The third-order valence-electron chi connectivity index (χ3n) is 2.88. The Morgan fingerprint density at radius 2 is 1.82 bits per heavy atom. The van der Waals surface area contributed by atoms with E-state index < -0.39 is 15.4 Å². The minimum atomic E-state index is -3.16. The van der Waals surface area contributed by atoms with Gasteiger partial charge in [0.25, 0.3) is 0 Å². The number of aliphatic hydroxyl groups is 1. The highest BCUT2D eigenvalue weighted by Crippen LogP contribution is 2.23. The Balaban J connectivity index is 3.04. The molecular formula is C12H19NO3S. The van der Waals surface area contributed by atoms with E-state index >= 15 is 0 Å². The zero-order valence-electron chi connectivity index (χ0n) is 10.2. The van der Waals surface area contributed by atoms with Gasteiger partial charge in [-0.3, -0.25) is 0 Å². The molecule has 1 unspecified atom stereocenters. The lowest BCUT2D eigenvalue weighted by Crippen LogP contribution is -2.34. The van der Waals surface area contributed by atoms with Gasteiger partial charge in [-0.05, 0) is 31.0 Å². The Bertz CT molecular complexity index is 463. The molecule has 5 heteroatoms. The number of sulfone groups is 1. The van der Waals surface area contributed by atoms with Crippen molar-refractivity contribution in [2.75, 3.05) is 12.4 Å². The van der Waals surface area contributed by atoms with Crippen molar-refractivity contribution in [3.63, 3.8) is 0 Å². The summed E-state index contributed by atoms with van der Waals surface area (Å²) in [5, 5.41) is 8.91. The SMILES string of the molecule is CCS(=O)(=O)c1ccc(C(C)(N)CCO)cc1. The van der Waals surface area contributed by atoms with Crippen molar-refractivity contribution in [3.8, 4) is 0 Å². The smallest absolute Gasteiger partial charge is 0.178 e. The summed E-state index contributed by atoms with van der Waals surface area (Å²) in [5.74, 6) is 0.0862. The van der Waals surface area contributed by atoms with Crippen molar-refractivity contribution >= 4 is 9.84 Å². The molecule has 0 radical (unpaired) electrons. The van der Waals surface area contributed by atoms with E-state index in [-0.39, 0.29) is 12.4 Å². The highest BCUT2D eigenvalue weighted by Gasteiger charge is 2.21. The van der Waals surface area contributed by atoms with Crippen LogP contribution in [0.4, 0.5) is 0 Å². The van der Waals surface area contributed by atoms with Crippen molar-refractivity contribution < 1.29 is 13.5 Å². The molecule has 1 aromatic carbocycles. The minimum Gasteiger partial charge on any atom is -0.396 e. The van der Waals surface area contributed by atoms with Crippen LogP contribution in [-0.2, 0) is 15.4 Å². The van der Waals surface area contributed by atoms with Gasteiger partial charge in [0, 0.05) is 12.1 Å². The molecule has 1 aromatic rings. The second-order valence-electron chi connectivity index (χ2n) is 4.32. The average molecular weight is 257 g/mol. The van der Waals surface area contributed by atoms with Crippen LogP contribution in [0.3, 0.4) is 0 Å². The van der Waals surface area contributed by atoms with Crippen LogP contribution in [0.25, 0.3) is 0 Å². The first-order valence-electron chi connectivity index (χ1n) is 5.56. The van der Waals surface area contributed by atoms with E-state index in [4.69, 9.17) is 10.8 Å². The van der Waals surface area contributed by atoms with Crippen molar-refractivity contribution in [1.29, 1.82) is 0 Å². The Labute approximate surface area is 102 Å². The Morgan fingerprint density at radius 1 is 1.29 bits per heavy atom. The van der Waals surface area contributed by atoms with E-state index in [0.717, 1.165) is 5.56 Å². The normalized spacial score (nSPS) is 15.5. The van der Waals surface area contributed by atoms with Gasteiger partial charge in [-0.15, -0.1) is 0 Å². The Morgan fingerprint density at radius 3 is 2.24 bits per heavy atom. The van der Waals surface area contributed by atoms with Gasteiger partial charge >= 0.3 is 0 Å². The van der Waals surface area contributed by atoms with Crippen LogP contribution in [0.2, 0.25) is 0 Å². The van der Waals surface area contributed by atoms with Gasteiger partial charge < -0.3 is 10.8 Å². The fourth-order valence-corrected chi connectivity index (χ4v) is 2.47. The van der Waals surface area contributed by atoms with E-state index in [1.54, 1.807) is 31.2 Å². The van der Waals surface area contributed by atoms with E-state index in [2.05, 4.69) is 0 Å². The molecular weight excluding hydrogens is 238 g/mol. The topological polar surface area (TPSA) is 80.4 Å². The fraction of sp³-hybridized carbons (Fsp3) is 0.500. The molecule has 0 saturated carbocycles. The summed E-state index contributed by atoms with van der Waals surface area (Å²) in [7, 11) is -3.16. The molecule has 0 aromatic heterocycles. The van der Waals surface area contributed by atoms with Gasteiger partial charge in [0.15, 0.2) is 9.84 Å². The number of hydrogen-bond donors (Lipinski definition) is 2. The molecule has 17 heavy (non-hydrogen) atoms. The summed E-state index contributed by atoms with van der Waals surface area (Å²) >= 11 is 0. The van der Waals surface area contributed by atoms with Gasteiger partial charge in [0.2, 0.25) is 0 Å². The van der Waals surface area contributed by atoms with Gasteiger partial charge in [-0.25, -0.2) is 8.42 Å². The lowest BCUT2D eigenvalue weighted by atomic mass is 9.90. The van der Waals surface area contributed by atoms with E-state index in [1.807, 2.05) is 6.92 Å². The van der Waals surface area contributed by atoms with Crippen LogP contribution in [0.5, 0.6) is 0 Å². The van der Waals surface area contributed by atoms with E-state index in [1.165, 1.54) is 0 Å². The first-order chi connectivity index (χ1) is 7.83. The maximum atomic E-state index is 11.6. The summed E-state index contributed by atoms with van der Waals surface area (Å²) in [6.45, 7) is 3.43. The Hall–Kier alpha value is -0.910. The maximum absolute atomic E-state index is 11.6. The van der Waals surface area contributed by atoms with Gasteiger partial charge in [-0.2, -0.15) is 0 Å². The molecule has 96 valence electrons. The lowest BCUT2D eigenvalue weighted by molar-refractivity contribution is 0.247. The molecule has 0 fully saturated rings. The summed E-state index contributed by atoms with van der Waals surface area (Å²) in [6.07, 6.45) is 0.437. The predicted octanol–water partition coefficient (Wildman–Crippen LogP) is 1.04. The van der Waals surface area contributed by atoms with E-state index in [9.17, 15) is 8.42 Å². The first-order valence-corrected chi connectivity index (χ1v) is 7.22. The van der Waals surface area contributed by atoms with Gasteiger partial charge in [-0.1, -0.05) is 19.1 Å². The van der Waals surface area contributed by atoms with Crippen molar-refractivity contribution in [2.24, 2.45) is 5.73 Å². The van der Waals surface area contributed by atoms with Crippen molar-refractivity contribution in [1.82, 2.24) is 0 Å². The highest BCUT2D eigenvalue weighted by atomic mass is 32.2. The molecule has 0 heterocycles. The fourth-order valence-electron chi connectivity index (χ4n) is 1.59. The molecule has 1 rings (SSSR count). The Kier molecular flexibility index (Phi) is 4.30. The number of benzene rings is 1. The lowest BCUT2D eigenvalue weighted by Gasteiger charge is -2.24. The minimum absolute atomic E-state index is 0.00199. The highest BCUT2D eigenvalue weighted by molar-refractivity contribution is 7.91. The summed E-state index contributed by atoms with van der Waals surface area (Å²) in [4.78, 5) is 0.309. The van der Waals surface area contributed by atoms with Crippen LogP contribution in [0, 0.1) is 0 Å². The maximum Gasteiger partial charge on any atom is 0.178 e. The molecule has 0 aliphatic carbocycles. The van der Waals surface area contributed by atoms with Gasteiger partial charge in [0.05, 0.1) is 10.6 Å². The molecule has 0 aliphatic heterocycles. The quantitative estimate of drug-likeness (QED) is 0.826. The molecule has 4 nitrogen and oxygen atoms in total. The molecule has 0 bridgehead atoms. The summed E-state index contributed by atoms with van der Waals surface area (Å²) in [5.41, 5.74) is 6.22. The molecule has 0 spiro atoms. The molecule has 0 amide bonds. The average Bonchev–Trinajstić information content (AvgIpc) is 2.29. The summed E-state index contributed by atoms with van der Waals surface area (Å²) < 4.78 is 23.2. The largest absolute Gasteiger partial charge is 0.396 e. The van der Waals surface area contributed by atoms with Crippen LogP contribution in [-0.4, -0.2) is 25.9 Å². The predicted molar refractivity (Wildman–Crippen MR) is 67.4 cm³/mol. The second kappa shape index (κ2) is 5.16. The van der Waals surface area contributed by atoms with Gasteiger partial charge in [0.1, 0.15) is 0 Å². The van der Waals surface area contributed by atoms with Crippen LogP contribution >= 0.6 is 0 Å². The van der Waals surface area contributed by atoms with Crippen LogP contribution in [0.1, 0.15) is 25.8 Å². The number of aliphatic hydroxyl groups excluding tert-OH is 1. The van der Waals surface area contributed by atoms with Crippen LogP contribution < -0.4 is 5.73 Å². The molecule has 3 N–H and O–H groups in total. The summed E-state index contributed by atoms with van der Waals surface area (Å²) in [6, 6.07) is 6.55. The third-order valence-corrected chi connectivity index (χ3v) is 4.63. The number of hydrogen-bond acceptors (Lipinski definition) is 4. The van der Waals surface area contributed by atoms with E-state index in [0.29, 0.717) is 11.3 Å². The van der Waals surface area contributed by atoms with Crippen LogP contribution in [0.15, 0.2) is 29.2 Å². The molecule has 0 saturated heterocycles. The number of rotatable bonds is 5. The standard InChI is InChI=1S/C12H19NO3S/c1-3-17(15,16)11-6-4-10(5-7-11)12(2,13)8-9-14/h4-7,14H,3,8-9,13H2,1-2H3. The molecule has 0 aliphatic rings. The zero-order chi connectivity index (χ0) is 13.1. The van der Waals surface area contributed by atoms with Crippen molar-refractivity contribution in [3.05, 3.63) is 29.8 Å². The zero-order valence-corrected chi connectivity index (χ0v) is 11.0. The monoisotopic (exact) mass is 257 g/mol. The first kappa shape index (κ1) is 14.2. The number of nitrogens with two attached hydrogens (primary N) is 1. The van der Waals surface area contributed by atoms with Crippen molar-refractivity contribution in [2.45, 2.75) is 30.7 Å². The molecule has 1 atom stereocenters. The third kappa shape index (κ3) is 3.28. The second-order valence-corrected chi connectivity index (χ2v) is 6.60.